The molecule has 0 bridgehead atoms. The Hall–Kier alpha value is -0.820. The van der Waals surface area contributed by atoms with Gasteiger partial charge in [-0.3, -0.25) is 0 Å². The van der Waals surface area contributed by atoms with E-state index in [1.165, 1.54) is 31.2 Å². The van der Waals surface area contributed by atoms with Crippen LogP contribution in [0.1, 0.15) is 45.1 Å². The summed E-state index contributed by atoms with van der Waals surface area (Å²) < 4.78 is 0. The zero-order valence-corrected chi connectivity index (χ0v) is 9.50. The molecule has 0 aliphatic rings. The smallest absolute Gasteiger partial charge is 0.0178 e. The SMILES string of the molecule is CCCCCC.NCc1ccccc1. The Balaban J connectivity index is 0.000000255. The van der Waals surface area contributed by atoms with E-state index < -0.39 is 0 Å². The third-order valence-corrected chi connectivity index (χ3v) is 2.04. The van der Waals surface area contributed by atoms with Crippen LogP contribution in [-0.4, -0.2) is 0 Å². The van der Waals surface area contributed by atoms with Gasteiger partial charge in [-0.15, -0.1) is 0 Å². The molecule has 0 radical (unpaired) electrons. The van der Waals surface area contributed by atoms with Gasteiger partial charge in [0.15, 0.2) is 0 Å². The number of unbranched alkanes of at least 4 members (excludes halogenated alkanes) is 3. The molecule has 0 atom stereocenters. The molecule has 0 aliphatic carbocycles. The summed E-state index contributed by atoms with van der Waals surface area (Å²) in [7, 11) is 0. The summed E-state index contributed by atoms with van der Waals surface area (Å²) in [4.78, 5) is 0. The number of benzene rings is 1. The van der Waals surface area contributed by atoms with Gasteiger partial charge in [0.1, 0.15) is 0 Å². The quantitative estimate of drug-likeness (QED) is 0.724. The van der Waals surface area contributed by atoms with E-state index in [-0.39, 0.29) is 0 Å². The van der Waals surface area contributed by atoms with Gasteiger partial charge in [0.2, 0.25) is 0 Å². The molecule has 80 valence electrons. The predicted molar refractivity (Wildman–Crippen MR) is 64.1 cm³/mol. The Morgan fingerprint density at radius 2 is 1.43 bits per heavy atom. The van der Waals surface area contributed by atoms with Crippen LogP contribution in [0.25, 0.3) is 0 Å². The summed E-state index contributed by atoms with van der Waals surface area (Å²) in [5.41, 5.74) is 6.54. The average molecular weight is 193 g/mol. The van der Waals surface area contributed by atoms with Crippen LogP contribution in [0.3, 0.4) is 0 Å². The summed E-state index contributed by atoms with van der Waals surface area (Å²) in [6, 6.07) is 9.99. The van der Waals surface area contributed by atoms with E-state index in [9.17, 15) is 0 Å². The van der Waals surface area contributed by atoms with Crippen LogP contribution in [0.15, 0.2) is 30.3 Å². The molecule has 1 aromatic rings. The maximum atomic E-state index is 5.35. The van der Waals surface area contributed by atoms with Crippen molar-refractivity contribution in [1.82, 2.24) is 0 Å². The topological polar surface area (TPSA) is 26.0 Å². The lowest BCUT2D eigenvalue weighted by Gasteiger charge is -1.90. The average Bonchev–Trinajstić information content (AvgIpc) is 2.28. The van der Waals surface area contributed by atoms with Gasteiger partial charge < -0.3 is 5.73 Å². The van der Waals surface area contributed by atoms with Crippen molar-refractivity contribution in [3.05, 3.63) is 35.9 Å². The van der Waals surface area contributed by atoms with Crippen molar-refractivity contribution in [3.63, 3.8) is 0 Å². The normalized spacial score (nSPS) is 9.07. The molecule has 1 nitrogen and oxygen atoms in total. The minimum absolute atomic E-state index is 0.640. The van der Waals surface area contributed by atoms with E-state index in [1.807, 2.05) is 30.3 Å². The van der Waals surface area contributed by atoms with Gasteiger partial charge in [0.05, 0.1) is 0 Å². The molecule has 14 heavy (non-hydrogen) atoms. The first-order valence-electron chi connectivity index (χ1n) is 5.59. The van der Waals surface area contributed by atoms with Crippen molar-refractivity contribution < 1.29 is 0 Å². The summed E-state index contributed by atoms with van der Waals surface area (Å²) in [5.74, 6) is 0. The second kappa shape index (κ2) is 10.3. The number of hydrogen-bond acceptors (Lipinski definition) is 1. The highest BCUT2D eigenvalue weighted by Crippen LogP contribution is 1.95. The third kappa shape index (κ3) is 7.81. The molecule has 0 saturated heterocycles. The number of nitrogens with two attached hydrogens (primary N) is 1. The van der Waals surface area contributed by atoms with E-state index in [4.69, 9.17) is 5.73 Å². The first-order valence-corrected chi connectivity index (χ1v) is 5.59. The van der Waals surface area contributed by atoms with E-state index in [0.29, 0.717) is 6.54 Å². The fraction of sp³-hybridized carbons (Fsp3) is 0.538. The zero-order chi connectivity index (χ0) is 10.6. The minimum atomic E-state index is 0.640. The van der Waals surface area contributed by atoms with Crippen LogP contribution < -0.4 is 5.73 Å². The molecule has 0 fully saturated rings. The molecule has 0 aromatic heterocycles. The molecule has 2 N–H and O–H groups in total. The van der Waals surface area contributed by atoms with Crippen LogP contribution in [0.2, 0.25) is 0 Å². The molecule has 0 unspecified atom stereocenters. The lowest BCUT2D eigenvalue weighted by atomic mass is 10.2. The Labute approximate surface area is 88.3 Å². The van der Waals surface area contributed by atoms with Crippen molar-refractivity contribution in [1.29, 1.82) is 0 Å². The fourth-order valence-electron chi connectivity index (χ4n) is 1.11. The van der Waals surface area contributed by atoms with E-state index in [2.05, 4.69) is 13.8 Å². The molecule has 1 aromatic carbocycles. The highest BCUT2D eigenvalue weighted by Gasteiger charge is 1.80. The summed E-state index contributed by atoms with van der Waals surface area (Å²) in [6.45, 7) is 5.10. The number of hydrogen-bond donors (Lipinski definition) is 1. The fourth-order valence-corrected chi connectivity index (χ4v) is 1.11. The van der Waals surface area contributed by atoms with Crippen LogP contribution in [0.5, 0.6) is 0 Å². The van der Waals surface area contributed by atoms with Gasteiger partial charge in [-0.1, -0.05) is 69.9 Å². The van der Waals surface area contributed by atoms with Crippen LogP contribution in [0.4, 0.5) is 0 Å². The van der Waals surface area contributed by atoms with E-state index in [0.717, 1.165) is 0 Å². The van der Waals surface area contributed by atoms with Crippen molar-refractivity contribution in [2.75, 3.05) is 0 Å². The Kier molecular flexibility index (Phi) is 9.66. The van der Waals surface area contributed by atoms with Gasteiger partial charge in [-0.2, -0.15) is 0 Å². The van der Waals surface area contributed by atoms with Crippen molar-refractivity contribution >= 4 is 0 Å². The molecule has 1 heteroatoms. The summed E-state index contributed by atoms with van der Waals surface area (Å²) in [5, 5.41) is 0. The molecular weight excluding hydrogens is 170 g/mol. The Morgan fingerprint density at radius 3 is 1.71 bits per heavy atom. The van der Waals surface area contributed by atoms with Gasteiger partial charge in [0, 0.05) is 6.54 Å². The third-order valence-electron chi connectivity index (χ3n) is 2.04. The molecule has 0 spiro atoms. The Bertz CT molecular complexity index is 190. The largest absolute Gasteiger partial charge is 0.326 e. The van der Waals surface area contributed by atoms with Gasteiger partial charge >= 0.3 is 0 Å². The minimum Gasteiger partial charge on any atom is -0.326 e. The monoisotopic (exact) mass is 193 g/mol. The summed E-state index contributed by atoms with van der Waals surface area (Å²) in [6.07, 6.45) is 5.54. The van der Waals surface area contributed by atoms with Crippen molar-refractivity contribution in [2.45, 2.75) is 46.1 Å². The second-order valence-electron chi connectivity index (χ2n) is 3.40. The maximum Gasteiger partial charge on any atom is 0.0178 e. The van der Waals surface area contributed by atoms with Crippen LogP contribution in [0, 0.1) is 0 Å². The lowest BCUT2D eigenvalue weighted by molar-refractivity contribution is 0.702. The maximum absolute atomic E-state index is 5.35. The van der Waals surface area contributed by atoms with E-state index >= 15 is 0 Å². The van der Waals surface area contributed by atoms with Crippen molar-refractivity contribution in [3.8, 4) is 0 Å². The van der Waals surface area contributed by atoms with Gasteiger partial charge in [0.25, 0.3) is 0 Å². The van der Waals surface area contributed by atoms with Crippen molar-refractivity contribution in [2.24, 2.45) is 5.73 Å². The van der Waals surface area contributed by atoms with E-state index in [1.54, 1.807) is 0 Å². The van der Waals surface area contributed by atoms with Crippen LogP contribution >= 0.6 is 0 Å². The highest BCUT2D eigenvalue weighted by molar-refractivity contribution is 5.13. The zero-order valence-electron chi connectivity index (χ0n) is 9.50. The Morgan fingerprint density at radius 1 is 0.929 bits per heavy atom. The first kappa shape index (κ1) is 13.2. The molecule has 0 heterocycles. The summed E-state index contributed by atoms with van der Waals surface area (Å²) >= 11 is 0. The first-order chi connectivity index (χ1) is 6.85. The highest BCUT2D eigenvalue weighted by atomic mass is 14.5. The predicted octanol–water partition coefficient (Wildman–Crippen LogP) is 3.73. The van der Waals surface area contributed by atoms with Gasteiger partial charge in [-0.05, 0) is 5.56 Å². The van der Waals surface area contributed by atoms with Crippen LogP contribution in [-0.2, 0) is 6.54 Å². The van der Waals surface area contributed by atoms with Gasteiger partial charge in [-0.25, -0.2) is 0 Å². The molecule has 0 saturated carbocycles. The molecule has 1 rings (SSSR count). The standard InChI is InChI=1S/C7H9N.C6H14/c8-6-7-4-2-1-3-5-7;1-3-5-6-4-2/h1-5H,6,8H2;3-6H2,1-2H3. The number of rotatable bonds is 4. The molecule has 0 aliphatic heterocycles. The molecule has 0 amide bonds. The molecular formula is C13H23N. The lowest BCUT2D eigenvalue weighted by Crippen LogP contribution is -1.94. The second-order valence-corrected chi connectivity index (χ2v) is 3.40.